The number of amides is 1. The number of hydrogen-bond acceptors (Lipinski definition) is 3. The molecule has 0 bridgehead atoms. The van der Waals surface area contributed by atoms with Crippen LogP contribution in [-0.2, 0) is 4.79 Å². The molecule has 1 saturated heterocycles. The van der Waals surface area contributed by atoms with Crippen molar-refractivity contribution in [1.29, 1.82) is 0 Å². The zero-order valence-electron chi connectivity index (χ0n) is 14.6. The van der Waals surface area contributed by atoms with E-state index in [1.54, 1.807) is 0 Å². The maximum Gasteiger partial charge on any atom is 0.244 e. The molecule has 2 rings (SSSR count). The number of likely N-dealkylation sites (N-methyl/N-ethyl adjacent to an activating group) is 1. The second-order valence-electron chi connectivity index (χ2n) is 6.44. The average Bonchev–Trinajstić information content (AvgIpc) is 2.97. The molecular weight excluding hydrogens is 288 g/mol. The number of benzene rings is 1. The molecule has 4 nitrogen and oxygen atoms in total. The lowest BCUT2D eigenvalue weighted by atomic mass is 10.0. The van der Waals surface area contributed by atoms with E-state index in [0.29, 0.717) is 0 Å². The highest BCUT2D eigenvalue weighted by Crippen LogP contribution is 2.33. The highest BCUT2D eigenvalue weighted by Gasteiger charge is 2.37. The van der Waals surface area contributed by atoms with Crippen molar-refractivity contribution in [2.24, 2.45) is 0 Å². The number of rotatable bonds is 7. The SMILES string of the molecule is CCN(CC)C(=O)C(c1ccccc1)N1CCCC1CC(C)O. The zero-order chi connectivity index (χ0) is 16.8. The molecule has 0 aromatic heterocycles. The minimum Gasteiger partial charge on any atom is -0.393 e. The Hall–Kier alpha value is -1.39. The summed E-state index contributed by atoms with van der Waals surface area (Å²) < 4.78 is 0. The lowest BCUT2D eigenvalue weighted by Gasteiger charge is -2.36. The van der Waals surface area contributed by atoms with Crippen LogP contribution in [0.1, 0.15) is 51.6 Å². The van der Waals surface area contributed by atoms with Gasteiger partial charge < -0.3 is 10.0 Å². The van der Waals surface area contributed by atoms with E-state index in [9.17, 15) is 9.90 Å². The quantitative estimate of drug-likeness (QED) is 0.841. The molecule has 1 N–H and O–H groups in total. The van der Waals surface area contributed by atoms with E-state index in [0.717, 1.165) is 44.5 Å². The molecule has 1 aliphatic heterocycles. The van der Waals surface area contributed by atoms with Crippen molar-refractivity contribution in [3.05, 3.63) is 35.9 Å². The Labute approximate surface area is 140 Å². The topological polar surface area (TPSA) is 43.8 Å². The molecule has 1 amide bonds. The summed E-state index contributed by atoms with van der Waals surface area (Å²) in [5.74, 6) is 0.179. The molecule has 0 radical (unpaired) electrons. The first kappa shape index (κ1) is 18.0. The van der Waals surface area contributed by atoms with E-state index in [1.165, 1.54) is 0 Å². The van der Waals surface area contributed by atoms with Crippen molar-refractivity contribution in [3.63, 3.8) is 0 Å². The largest absolute Gasteiger partial charge is 0.393 e. The van der Waals surface area contributed by atoms with Crippen molar-refractivity contribution in [2.75, 3.05) is 19.6 Å². The second-order valence-corrected chi connectivity index (χ2v) is 6.44. The smallest absolute Gasteiger partial charge is 0.244 e. The highest BCUT2D eigenvalue weighted by atomic mass is 16.3. The van der Waals surface area contributed by atoms with Crippen LogP contribution in [0.3, 0.4) is 0 Å². The first-order chi connectivity index (χ1) is 11.1. The Kier molecular flexibility index (Phi) is 6.60. The summed E-state index contributed by atoms with van der Waals surface area (Å²) >= 11 is 0. The summed E-state index contributed by atoms with van der Waals surface area (Å²) in [7, 11) is 0. The van der Waals surface area contributed by atoms with Crippen LogP contribution in [0.4, 0.5) is 0 Å². The Bertz CT molecular complexity index is 485. The number of carbonyl (C=O) groups is 1. The molecule has 128 valence electrons. The molecule has 1 fully saturated rings. The van der Waals surface area contributed by atoms with E-state index >= 15 is 0 Å². The molecule has 1 aromatic carbocycles. The standard InChI is InChI=1S/C19H30N2O2/c1-4-20(5-2)19(23)18(16-10-7-6-8-11-16)21-13-9-12-17(21)14-15(3)22/h6-8,10-11,15,17-18,22H,4-5,9,12-14H2,1-3H3. The average molecular weight is 318 g/mol. The minimum absolute atomic E-state index is 0.179. The Balaban J connectivity index is 2.31. The first-order valence-electron chi connectivity index (χ1n) is 8.86. The van der Waals surface area contributed by atoms with Crippen LogP contribution in [0.5, 0.6) is 0 Å². The molecule has 4 heteroatoms. The van der Waals surface area contributed by atoms with Crippen LogP contribution in [-0.4, -0.2) is 52.6 Å². The third-order valence-electron chi connectivity index (χ3n) is 4.79. The van der Waals surface area contributed by atoms with Crippen LogP contribution in [0.15, 0.2) is 30.3 Å². The Morgan fingerprint density at radius 3 is 2.52 bits per heavy atom. The normalized spacial score (nSPS) is 21.1. The van der Waals surface area contributed by atoms with Crippen molar-refractivity contribution < 1.29 is 9.90 Å². The fraction of sp³-hybridized carbons (Fsp3) is 0.632. The van der Waals surface area contributed by atoms with E-state index in [-0.39, 0.29) is 24.1 Å². The van der Waals surface area contributed by atoms with Gasteiger partial charge in [0, 0.05) is 19.1 Å². The number of nitrogens with zero attached hydrogens (tertiary/aromatic N) is 2. The van der Waals surface area contributed by atoms with E-state index in [1.807, 2.05) is 56.0 Å². The Morgan fingerprint density at radius 1 is 1.30 bits per heavy atom. The number of likely N-dealkylation sites (tertiary alicyclic amines) is 1. The summed E-state index contributed by atoms with van der Waals surface area (Å²) in [6.45, 7) is 8.27. The summed E-state index contributed by atoms with van der Waals surface area (Å²) in [5.41, 5.74) is 1.06. The predicted molar refractivity (Wildman–Crippen MR) is 93.1 cm³/mol. The third kappa shape index (κ3) is 4.33. The van der Waals surface area contributed by atoms with Crippen molar-refractivity contribution in [2.45, 2.75) is 58.2 Å². The summed E-state index contributed by atoms with van der Waals surface area (Å²) in [4.78, 5) is 17.4. The number of aliphatic hydroxyl groups excluding tert-OH is 1. The maximum atomic E-state index is 13.1. The minimum atomic E-state index is -0.333. The van der Waals surface area contributed by atoms with Gasteiger partial charge in [0.15, 0.2) is 0 Å². The number of carbonyl (C=O) groups excluding carboxylic acids is 1. The van der Waals surface area contributed by atoms with Gasteiger partial charge in [-0.3, -0.25) is 9.69 Å². The van der Waals surface area contributed by atoms with Crippen molar-refractivity contribution >= 4 is 5.91 Å². The van der Waals surface area contributed by atoms with Gasteiger partial charge in [0.1, 0.15) is 6.04 Å². The van der Waals surface area contributed by atoms with Gasteiger partial charge in [-0.1, -0.05) is 30.3 Å². The van der Waals surface area contributed by atoms with Gasteiger partial charge in [-0.15, -0.1) is 0 Å². The maximum absolute atomic E-state index is 13.1. The molecule has 3 unspecified atom stereocenters. The molecule has 3 atom stereocenters. The van der Waals surface area contributed by atoms with Gasteiger partial charge >= 0.3 is 0 Å². The van der Waals surface area contributed by atoms with Crippen molar-refractivity contribution in [3.8, 4) is 0 Å². The van der Waals surface area contributed by atoms with Crippen LogP contribution >= 0.6 is 0 Å². The number of hydrogen-bond donors (Lipinski definition) is 1. The molecule has 1 heterocycles. The first-order valence-corrected chi connectivity index (χ1v) is 8.86. The predicted octanol–water partition coefficient (Wildman–Crippen LogP) is 2.83. The van der Waals surface area contributed by atoms with E-state index < -0.39 is 0 Å². The van der Waals surface area contributed by atoms with Gasteiger partial charge in [-0.2, -0.15) is 0 Å². The van der Waals surface area contributed by atoms with Crippen molar-refractivity contribution in [1.82, 2.24) is 9.80 Å². The van der Waals surface area contributed by atoms with Crippen LogP contribution in [0.25, 0.3) is 0 Å². The fourth-order valence-electron chi connectivity index (χ4n) is 3.66. The Morgan fingerprint density at radius 2 is 1.96 bits per heavy atom. The fourth-order valence-corrected chi connectivity index (χ4v) is 3.66. The molecule has 23 heavy (non-hydrogen) atoms. The van der Waals surface area contributed by atoms with E-state index in [4.69, 9.17) is 0 Å². The van der Waals surface area contributed by atoms with Crippen LogP contribution in [0.2, 0.25) is 0 Å². The highest BCUT2D eigenvalue weighted by molar-refractivity contribution is 5.83. The molecule has 1 aliphatic rings. The van der Waals surface area contributed by atoms with Gasteiger partial charge in [0.25, 0.3) is 0 Å². The van der Waals surface area contributed by atoms with E-state index in [2.05, 4.69) is 4.90 Å². The van der Waals surface area contributed by atoms with Gasteiger partial charge in [-0.05, 0) is 52.1 Å². The van der Waals surface area contributed by atoms with Gasteiger partial charge in [0.05, 0.1) is 6.10 Å². The molecule has 0 spiro atoms. The van der Waals surface area contributed by atoms with Gasteiger partial charge in [0.2, 0.25) is 5.91 Å². The zero-order valence-corrected chi connectivity index (χ0v) is 14.6. The molecule has 0 aliphatic carbocycles. The molecule has 0 saturated carbocycles. The number of aliphatic hydroxyl groups is 1. The lowest BCUT2D eigenvalue weighted by Crippen LogP contribution is -2.45. The van der Waals surface area contributed by atoms with Crippen LogP contribution < -0.4 is 0 Å². The third-order valence-corrected chi connectivity index (χ3v) is 4.79. The second kappa shape index (κ2) is 8.46. The van der Waals surface area contributed by atoms with Crippen LogP contribution in [0, 0.1) is 0 Å². The monoisotopic (exact) mass is 318 g/mol. The summed E-state index contributed by atoms with van der Waals surface area (Å²) in [6, 6.07) is 10.1. The molecule has 1 aromatic rings. The summed E-state index contributed by atoms with van der Waals surface area (Å²) in [6.07, 6.45) is 2.54. The lowest BCUT2D eigenvalue weighted by molar-refractivity contribution is -0.137. The molecular formula is C19H30N2O2. The summed E-state index contributed by atoms with van der Waals surface area (Å²) in [5, 5.41) is 9.80. The van der Waals surface area contributed by atoms with Gasteiger partial charge in [-0.25, -0.2) is 0 Å².